The van der Waals surface area contributed by atoms with Crippen LogP contribution in [0.4, 0.5) is 5.69 Å². The molecular weight excluding hydrogens is 354 g/mol. The number of benzene rings is 1. The number of nitrogens with zero attached hydrogens (tertiary/aromatic N) is 3. The van der Waals surface area contributed by atoms with Crippen LogP contribution in [0.5, 0.6) is 5.75 Å². The lowest BCUT2D eigenvalue weighted by Gasteiger charge is -2.37. The molecule has 3 heterocycles. The maximum absolute atomic E-state index is 13.4. The van der Waals surface area contributed by atoms with Crippen molar-refractivity contribution in [3.8, 4) is 5.75 Å². The van der Waals surface area contributed by atoms with E-state index in [0.29, 0.717) is 30.9 Å². The minimum absolute atomic E-state index is 0.0222. The van der Waals surface area contributed by atoms with Crippen LogP contribution < -0.4 is 15.2 Å². The van der Waals surface area contributed by atoms with Crippen LogP contribution in [0.3, 0.4) is 0 Å². The van der Waals surface area contributed by atoms with Crippen molar-refractivity contribution in [1.82, 2.24) is 9.47 Å². The van der Waals surface area contributed by atoms with Gasteiger partial charge in [-0.1, -0.05) is 17.7 Å². The average Bonchev–Trinajstić information content (AvgIpc) is 2.74. The number of carbonyl (C=O) groups is 1. The first-order chi connectivity index (χ1) is 13.6. The highest BCUT2D eigenvalue weighted by molar-refractivity contribution is 5.98. The summed E-state index contributed by atoms with van der Waals surface area (Å²) in [5.74, 6) is 0.384. The number of aromatic nitrogens is 1. The number of carbonyl (C=O) groups excluding carboxylic acids is 1. The Labute approximate surface area is 165 Å². The molecule has 28 heavy (non-hydrogen) atoms. The molecule has 1 aromatic heterocycles. The molecule has 0 aliphatic carbocycles. The third-order valence-corrected chi connectivity index (χ3v) is 5.83. The Morgan fingerprint density at radius 2 is 1.71 bits per heavy atom. The number of aryl methyl sites for hydroxylation is 1. The van der Waals surface area contributed by atoms with E-state index in [2.05, 4.69) is 36.1 Å². The van der Waals surface area contributed by atoms with E-state index in [1.807, 2.05) is 4.90 Å². The van der Waals surface area contributed by atoms with Crippen LogP contribution in [0.15, 0.2) is 35.1 Å². The highest BCUT2D eigenvalue weighted by atomic mass is 16.5. The standard InChI is InChI=1S/C22H27N3O3/c1-16-6-8-17(9-7-16)23-11-13-24(14-12-23)22(27)21-18-5-3-4-10-25(18)20(26)15-19(21)28-2/h6-9,15H,3-5,10-14H2,1-2H3. The van der Waals surface area contributed by atoms with Gasteiger partial charge in [-0.3, -0.25) is 9.59 Å². The highest BCUT2D eigenvalue weighted by Gasteiger charge is 2.29. The van der Waals surface area contributed by atoms with Gasteiger partial charge in [-0.2, -0.15) is 0 Å². The van der Waals surface area contributed by atoms with Gasteiger partial charge in [-0.05, 0) is 38.3 Å². The molecule has 0 N–H and O–H groups in total. The SMILES string of the molecule is COc1cc(=O)n2c(c1C(=O)N1CCN(c3ccc(C)cc3)CC1)CCCC2. The first-order valence-corrected chi connectivity index (χ1v) is 10.00. The van der Waals surface area contributed by atoms with Gasteiger partial charge in [0.25, 0.3) is 11.5 Å². The van der Waals surface area contributed by atoms with E-state index in [9.17, 15) is 9.59 Å². The summed E-state index contributed by atoms with van der Waals surface area (Å²) >= 11 is 0. The van der Waals surface area contributed by atoms with Crippen LogP contribution in [0.2, 0.25) is 0 Å². The molecule has 2 aromatic rings. The number of hydrogen-bond donors (Lipinski definition) is 0. The lowest BCUT2D eigenvalue weighted by Crippen LogP contribution is -2.49. The molecule has 148 valence electrons. The molecule has 1 saturated heterocycles. The molecule has 0 atom stereocenters. The Kier molecular flexibility index (Phi) is 5.11. The number of fused-ring (bicyclic) bond motifs is 1. The fourth-order valence-electron chi connectivity index (χ4n) is 4.21. The third kappa shape index (κ3) is 3.39. The van der Waals surface area contributed by atoms with Crippen LogP contribution in [-0.2, 0) is 13.0 Å². The number of ether oxygens (including phenoxy) is 1. The normalized spacial score (nSPS) is 16.6. The van der Waals surface area contributed by atoms with Crippen molar-refractivity contribution in [3.63, 3.8) is 0 Å². The van der Waals surface area contributed by atoms with Gasteiger partial charge in [0.1, 0.15) is 11.3 Å². The summed E-state index contributed by atoms with van der Waals surface area (Å²) in [7, 11) is 1.53. The second kappa shape index (κ2) is 7.70. The van der Waals surface area contributed by atoms with Gasteiger partial charge < -0.3 is 19.1 Å². The smallest absolute Gasteiger partial charge is 0.259 e. The molecule has 0 radical (unpaired) electrons. The number of pyridine rings is 1. The van der Waals surface area contributed by atoms with E-state index in [1.54, 1.807) is 4.57 Å². The zero-order valence-corrected chi connectivity index (χ0v) is 16.6. The lowest BCUT2D eigenvalue weighted by atomic mass is 10.0. The van der Waals surface area contributed by atoms with Gasteiger partial charge in [-0.25, -0.2) is 0 Å². The number of rotatable bonds is 3. The second-order valence-corrected chi connectivity index (χ2v) is 7.60. The molecule has 0 saturated carbocycles. The topological polar surface area (TPSA) is 54.8 Å². The summed E-state index contributed by atoms with van der Waals surface area (Å²) in [4.78, 5) is 29.9. The minimum atomic E-state index is -0.0766. The monoisotopic (exact) mass is 381 g/mol. The maximum atomic E-state index is 13.4. The fourth-order valence-corrected chi connectivity index (χ4v) is 4.21. The van der Waals surface area contributed by atoms with Crippen molar-refractivity contribution in [3.05, 3.63) is 57.5 Å². The molecule has 6 heteroatoms. The van der Waals surface area contributed by atoms with Crippen LogP contribution in [0.25, 0.3) is 0 Å². The quantitative estimate of drug-likeness (QED) is 0.820. The van der Waals surface area contributed by atoms with Gasteiger partial charge in [0.15, 0.2) is 0 Å². The summed E-state index contributed by atoms with van der Waals surface area (Å²) in [6.07, 6.45) is 2.72. The molecule has 2 aliphatic rings. The first kappa shape index (κ1) is 18.6. The molecule has 0 spiro atoms. The number of amides is 1. The number of hydrogen-bond acceptors (Lipinski definition) is 4. The average molecular weight is 381 g/mol. The van der Waals surface area contributed by atoms with E-state index >= 15 is 0 Å². The van der Waals surface area contributed by atoms with Crippen molar-refractivity contribution in [2.45, 2.75) is 32.7 Å². The van der Waals surface area contributed by atoms with E-state index in [1.165, 1.54) is 24.4 Å². The van der Waals surface area contributed by atoms with E-state index in [4.69, 9.17) is 4.74 Å². The Morgan fingerprint density at radius 3 is 2.39 bits per heavy atom. The fraction of sp³-hybridized carbons (Fsp3) is 0.455. The van der Waals surface area contributed by atoms with Crippen LogP contribution in [-0.4, -0.2) is 48.7 Å². The van der Waals surface area contributed by atoms with Gasteiger partial charge in [0.05, 0.1) is 7.11 Å². The summed E-state index contributed by atoms with van der Waals surface area (Å²) in [6, 6.07) is 9.97. The maximum Gasteiger partial charge on any atom is 0.259 e. The van der Waals surface area contributed by atoms with Crippen molar-refractivity contribution in [2.75, 3.05) is 38.2 Å². The lowest BCUT2D eigenvalue weighted by molar-refractivity contribution is 0.0740. The molecule has 1 amide bonds. The molecule has 0 bridgehead atoms. The van der Waals surface area contributed by atoms with E-state index in [-0.39, 0.29) is 11.5 Å². The number of methoxy groups -OCH3 is 1. The molecule has 1 aromatic carbocycles. The summed E-state index contributed by atoms with van der Waals surface area (Å²) in [6.45, 7) is 5.68. The molecule has 4 rings (SSSR count). The predicted molar refractivity (Wildman–Crippen MR) is 109 cm³/mol. The van der Waals surface area contributed by atoms with Crippen molar-refractivity contribution >= 4 is 11.6 Å². The Hall–Kier alpha value is -2.76. The van der Waals surface area contributed by atoms with Gasteiger partial charge in [-0.15, -0.1) is 0 Å². The zero-order chi connectivity index (χ0) is 19.7. The van der Waals surface area contributed by atoms with E-state index in [0.717, 1.165) is 38.0 Å². The largest absolute Gasteiger partial charge is 0.496 e. The predicted octanol–water partition coefficient (Wildman–Crippen LogP) is 2.46. The third-order valence-electron chi connectivity index (χ3n) is 5.83. The summed E-state index contributed by atoms with van der Waals surface area (Å²) < 4.78 is 7.19. The minimum Gasteiger partial charge on any atom is -0.496 e. The first-order valence-electron chi connectivity index (χ1n) is 10.00. The molecular formula is C22H27N3O3. The molecule has 2 aliphatic heterocycles. The van der Waals surface area contributed by atoms with Crippen LogP contribution >= 0.6 is 0 Å². The van der Waals surface area contributed by atoms with Crippen LogP contribution in [0.1, 0.15) is 34.5 Å². The Balaban J connectivity index is 1.56. The number of anilines is 1. The summed E-state index contributed by atoms with van der Waals surface area (Å²) in [5.41, 5.74) is 3.77. The molecule has 1 fully saturated rings. The van der Waals surface area contributed by atoms with Gasteiger partial charge in [0.2, 0.25) is 0 Å². The zero-order valence-electron chi connectivity index (χ0n) is 16.6. The molecule has 6 nitrogen and oxygen atoms in total. The summed E-state index contributed by atoms with van der Waals surface area (Å²) in [5, 5.41) is 0. The van der Waals surface area contributed by atoms with Crippen molar-refractivity contribution in [2.24, 2.45) is 0 Å². The number of piperazine rings is 1. The van der Waals surface area contributed by atoms with Crippen molar-refractivity contribution in [1.29, 1.82) is 0 Å². The van der Waals surface area contributed by atoms with Gasteiger partial charge >= 0.3 is 0 Å². The van der Waals surface area contributed by atoms with Crippen molar-refractivity contribution < 1.29 is 9.53 Å². The van der Waals surface area contributed by atoms with E-state index < -0.39 is 0 Å². The Bertz CT molecular complexity index is 925. The Morgan fingerprint density at radius 1 is 1.00 bits per heavy atom. The second-order valence-electron chi connectivity index (χ2n) is 7.60. The highest BCUT2D eigenvalue weighted by Crippen LogP contribution is 2.27. The van der Waals surface area contributed by atoms with Crippen LogP contribution in [0, 0.1) is 6.92 Å². The van der Waals surface area contributed by atoms with Gasteiger partial charge in [0, 0.05) is 50.2 Å². The molecule has 0 unspecified atom stereocenters.